The summed E-state index contributed by atoms with van der Waals surface area (Å²) in [5, 5.41) is 15.6. The van der Waals surface area contributed by atoms with Crippen molar-refractivity contribution in [3.05, 3.63) is 81.4 Å². The number of benzene rings is 2. The molecule has 0 aliphatic heterocycles. The Morgan fingerprint density at radius 1 is 1.17 bits per heavy atom. The van der Waals surface area contributed by atoms with Gasteiger partial charge >= 0.3 is 5.76 Å². The third-order valence-electron chi connectivity index (χ3n) is 4.29. The van der Waals surface area contributed by atoms with Gasteiger partial charge in [0.15, 0.2) is 11.7 Å². The molecule has 0 bridgehead atoms. The molecule has 0 amide bonds. The van der Waals surface area contributed by atoms with Crippen LogP contribution in [0.15, 0.2) is 69.2 Å². The molecular weight excluding hydrogens is 407 g/mol. The first-order chi connectivity index (χ1) is 14.5. The van der Waals surface area contributed by atoms with Gasteiger partial charge in [-0.1, -0.05) is 30.3 Å². The number of thiazole rings is 1. The number of halogens is 1. The Balaban J connectivity index is 1.54. The number of aromatic nitrogens is 3. The van der Waals surface area contributed by atoms with Crippen LogP contribution in [0.25, 0.3) is 22.7 Å². The highest BCUT2D eigenvalue weighted by Crippen LogP contribution is 2.27. The van der Waals surface area contributed by atoms with Crippen LogP contribution in [0.2, 0.25) is 0 Å². The zero-order chi connectivity index (χ0) is 21.1. The Labute approximate surface area is 173 Å². The molecule has 0 N–H and O–H groups in total. The Bertz CT molecular complexity index is 1290. The van der Waals surface area contributed by atoms with Crippen LogP contribution in [0.3, 0.4) is 0 Å². The fourth-order valence-corrected chi connectivity index (χ4v) is 3.67. The van der Waals surface area contributed by atoms with Crippen LogP contribution in [0.5, 0.6) is 0 Å². The third-order valence-corrected chi connectivity index (χ3v) is 5.20. The van der Waals surface area contributed by atoms with Gasteiger partial charge in [-0.15, -0.1) is 16.4 Å². The van der Waals surface area contributed by atoms with E-state index in [1.54, 1.807) is 5.38 Å². The highest BCUT2D eigenvalue weighted by Gasteiger charge is 2.26. The van der Waals surface area contributed by atoms with Crippen LogP contribution in [-0.4, -0.2) is 20.5 Å². The topological polar surface area (TPSA) is 102 Å². The zero-order valence-electron chi connectivity index (χ0n) is 15.4. The summed E-state index contributed by atoms with van der Waals surface area (Å²) in [5.74, 6) is -2.99. The molecule has 2 aromatic carbocycles. The second-order valence-electron chi connectivity index (χ2n) is 6.30. The molecule has 1 unspecified atom stereocenters. The average Bonchev–Trinajstić information content (AvgIpc) is 3.37. The van der Waals surface area contributed by atoms with E-state index in [1.807, 2.05) is 36.4 Å². The minimum atomic E-state index is -1.13. The van der Waals surface area contributed by atoms with Gasteiger partial charge in [-0.2, -0.15) is 9.94 Å². The largest absolute Gasteiger partial charge is 0.437 e. The number of carbonyl (C=O) groups is 1. The maximum absolute atomic E-state index is 13.1. The molecule has 7 nitrogen and oxygen atoms in total. The summed E-state index contributed by atoms with van der Waals surface area (Å²) in [6.45, 7) is -0.442. The lowest BCUT2D eigenvalue weighted by atomic mass is 10.1. The van der Waals surface area contributed by atoms with Crippen LogP contribution in [0.4, 0.5) is 4.39 Å². The second kappa shape index (κ2) is 8.23. The molecule has 2 heterocycles. The first kappa shape index (κ1) is 19.4. The van der Waals surface area contributed by atoms with Gasteiger partial charge in [-0.3, -0.25) is 4.79 Å². The predicted octanol–water partition coefficient (Wildman–Crippen LogP) is 3.64. The number of carbonyl (C=O) groups excluding carboxylic acids is 1. The Morgan fingerprint density at radius 3 is 2.60 bits per heavy atom. The summed E-state index contributed by atoms with van der Waals surface area (Å²) >= 11 is 1.20. The summed E-state index contributed by atoms with van der Waals surface area (Å²) in [6.07, 6.45) is 0. The molecule has 2 aromatic heterocycles. The maximum Gasteiger partial charge on any atom is 0.437 e. The molecule has 4 aromatic rings. The summed E-state index contributed by atoms with van der Waals surface area (Å²) < 4.78 is 19.0. The third kappa shape index (κ3) is 3.94. The number of nitrogens with zero attached hydrogens (tertiary/aromatic N) is 4. The lowest BCUT2D eigenvalue weighted by molar-refractivity contribution is -0.120. The number of Topliss-reactive ketones (excluding diaryl/α,β-unsaturated/α-hetero) is 1. The van der Waals surface area contributed by atoms with Crippen molar-refractivity contribution in [1.82, 2.24) is 14.8 Å². The monoisotopic (exact) mass is 420 g/mol. The molecule has 9 heteroatoms. The van der Waals surface area contributed by atoms with Gasteiger partial charge in [-0.05, 0) is 24.3 Å². The van der Waals surface area contributed by atoms with Crippen LogP contribution in [-0.2, 0) is 11.3 Å². The first-order valence-corrected chi connectivity index (χ1v) is 9.70. The molecule has 148 valence electrons. The average molecular weight is 420 g/mol. The van der Waals surface area contributed by atoms with Crippen LogP contribution >= 0.6 is 11.3 Å². The van der Waals surface area contributed by atoms with Gasteiger partial charge in [-0.25, -0.2) is 14.2 Å². The fraction of sp³-hybridized carbons (Fsp3) is 0.0952. The quantitative estimate of drug-likeness (QED) is 0.472. The van der Waals surface area contributed by atoms with E-state index in [0.717, 1.165) is 10.2 Å². The molecule has 0 aliphatic carbocycles. The van der Waals surface area contributed by atoms with E-state index in [4.69, 9.17) is 4.42 Å². The van der Waals surface area contributed by atoms with Crippen molar-refractivity contribution in [2.75, 3.05) is 0 Å². The number of nitriles is 1. The fourth-order valence-electron chi connectivity index (χ4n) is 2.78. The van der Waals surface area contributed by atoms with Crippen molar-refractivity contribution >= 4 is 17.1 Å². The molecule has 0 saturated carbocycles. The maximum atomic E-state index is 13.1. The summed E-state index contributed by atoms with van der Waals surface area (Å²) in [7, 11) is 0. The van der Waals surface area contributed by atoms with Crippen molar-refractivity contribution in [2.24, 2.45) is 0 Å². The van der Waals surface area contributed by atoms with Crippen LogP contribution in [0, 0.1) is 17.1 Å². The lowest BCUT2D eigenvalue weighted by Crippen LogP contribution is -2.25. The summed E-state index contributed by atoms with van der Waals surface area (Å²) in [5.41, 5.74) is 1.94. The van der Waals surface area contributed by atoms with Gasteiger partial charge in [0.05, 0.1) is 11.8 Å². The molecular formula is C21H13FN4O3S. The van der Waals surface area contributed by atoms with Gasteiger partial charge in [0, 0.05) is 16.5 Å². The summed E-state index contributed by atoms with van der Waals surface area (Å²) in [4.78, 5) is 29.2. The standard InChI is InChI=1S/C21H13FN4O3S/c22-15-8-6-14(7-9-15)19-25-26(21(28)29-19)11-18(27)16(10-23)20-24-17(12-30-20)13-4-2-1-3-5-13/h1-9,12,16H,11H2. The van der Waals surface area contributed by atoms with E-state index in [0.29, 0.717) is 16.3 Å². The van der Waals surface area contributed by atoms with Crippen LogP contribution < -0.4 is 5.76 Å². The van der Waals surface area contributed by atoms with E-state index in [-0.39, 0.29) is 5.89 Å². The minimum absolute atomic E-state index is 0.0399. The number of ketones is 1. The second-order valence-corrected chi connectivity index (χ2v) is 7.19. The molecule has 0 spiro atoms. The Hall–Kier alpha value is -3.90. The van der Waals surface area contributed by atoms with Gasteiger partial charge in [0.2, 0.25) is 5.89 Å². The molecule has 0 saturated heterocycles. The predicted molar refractivity (Wildman–Crippen MR) is 107 cm³/mol. The van der Waals surface area contributed by atoms with E-state index >= 15 is 0 Å². The lowest BCUT2D eigenvalue weighted by Gasteiger charge is -2.04. The Kier molecular flexibility index (Phi) is 5.32. The van der Waals surface area contributed by atoms with E-state index in [1.165, 1.54) is 35.6 Å². The molecule has 4 rings (SSSR count). The highest BCUT2D eigenvalue weighted by molar-refractivity contribution is 7.10. The van der Waals surface area contributed by atoms with E-state index in [9.17, 15) is 19.2 Å². The molecule has 0 aliphatic rings. The first-order valence-electron chi connectivity index (χ1n) is 8.82. The molecule has 30 heavy (non-hydrogen) atoms. The van der Waals surface area contributed by atoms with E-state index < -0.39 is 29.8 Å². The minimum Gasteiger partial charge on any atom is -0.388 e. The van der Waals surface area contributed by atoms with Crippen molar-refractivity contribution in [3.63, 3.8) is 0 Å². The van der Waals surface area contributed by atoms with Crippen molar-refractivity contribution in [1.29, 1.82) is 5.26 Å². The van der Waals surface area contributed by atoms with Gasteiger partial charge in [0.1, 0.15) is 17.4 Å². The van der Waals surface area contributed by atoms with Crippen molar-refractivity contribution < 1.29 is 13.6 Å². The SMILES string of the molecule is N#CC(C(=O)Cn1nc(-c2ccc(F)cc2)oc1=O)c1nc(-c2ccccc2)cs1. The highest BCUT2D eigenvalue weighted by atomic mass is 32.1. The Morgan fingerprint density at radius 2 is 1.90 bits per heavy atom. The molecule has 1 atom stereocenters. The van der Waals surface area contributed by atoms with Crippen molar-refractivity contribution in [3.8, 4) is 28.8 Å². The summed E-state index contributed by atoms with van der Waals surface area (Å²) in [6, 6.07) is 16.6. The number of rotatable bonds is 6. The van der Waals surface area contributed by atoms with Crippen LogP contribution in [0.1, 0.15) is 10.9 Å². The van der Waals surface area contributed by atoms with E-state index in [2.05, 4.69) is 10.1 Å². The smallest absolute Gasteiger partial charge is 0.388 e. The van der Waals surface area contributed by atoms with Crippen molar-refractivity contribution in [2.45, 2.75) is 12.5 Å². The number of hydrogen-bond donors (Lipinski definition) is 0. The van der Waals surface area contributed by atoms with Gasteiger partial charge in [0.25, 0.3) is 0 Å². The normalized spacial score (nSPS) is 11.7. The zero-order valence-corrected chi connectivity index (χ0v) is 16.2. The number of hydrogen-bond acceptors (Lipinski definition) is 7. The molecule has 0 radical (unpaired) electrons. The van der Waals surface area contributed by atoms with Gasteiger partial charge < -0.3 is 4.42 Å². The molecule has 0 fully saturated rings.